The molecule has 2 aromatic carbocycles. The zero-order valence-corrected chi connectivity index (χ0v) is 11.2. The number of hydrogen-bond acceptors (Lipinski definition) is 4. The normalized spacial score (nSPS) is 15.7. The molecular weight excluding hydrogens is 266 g/mol. The average molecular weight is 279 g/mol. The molecule has 0 radical (unpaired) electrons. The summed E-state index contributed by atoms with van der Waals surface area (Å²) in [5.74, 6) is 0.999. The van der Waals surface area contributed by atoms with Crippen molar-refractivity contribution in [1.29, 1.82) is 0 Å². The zero-order chi connectivity index (χ0) is 14.4. The van der Waals surface area contributed by atoms with Gasteiger partial charge in [0.05, 0.1) is 16.7 Å². The van der Waals surface area contributed by atoms with Crippen molar-refractivity contribution in [3.05, 3.63) is 48.0 Å². The molecule has 1 aliphatic heterocycles. The standard InChI is InChI=1S/C16H13N3O2/c20-11-8-12-13(18-21)6-7-19-15(12)14(9-11)17-16(19)10-4-2-1-3-5-10/h1-5,8-9,20-21H,6-7H2. The Hall–Kier alpha value is -2.82. The van der Waals surface area contributed by atoms with E-state index in [-0.39, 0.29) is 5.75 Å². The Bertz CT molecular complexity index is 866. The second-order valence-corrected chi connectivity index (χ2v) is 5.11. The van der Waals surface area contributed by atoms with Gasteiger partial charge in [-0.1, -0.05) is 35.5 Å². The van der Waals surface area contributed by atoms with Crippen molar-refractivity contribution in [2.24, 2.45) is 5.16 Å². The molecule has 0 aliphatic carbocycles. The monoisotopic (exact) mass is 279 g/mol. The third kappa shape index (κ3) is 1.71. The number of phenols is 1. The Kier molecular flexibility index (Phi) is 2.47. The number of nitrogens with zero attached hydrogens (tertiary/aromatic N) is 3. The second kappa shape index (κ2) is 4.34. The van der Waals surface area contributed by atoms with Gasteiger partial charge in [0, 0.05) is 30.2 Å². The van der Waals surface area contributed by atoms with Crippen molar-refractivity contribution in [2.45, 2.75) is 13.0 Å². The van der Waals surface area contributed by atoms with Gasteiger partial charge in [-0.2, -0.15) is 0 Å². The van der Waals surface area contributed by atoms with E-state index in [4.69, 9.17) is 5.21 Å². The van der Waals surface area contributed by atoms with Gasteiger partial charge < -0.3 is 14.9 Å². The number of phenolic OH excluding ortho intramolecular Hbond substituents is 1. The molecule has 0 fully saturated rings. The molecule has 0 spiro atoms. The Morgan fingerprint density at radius 2 is 1.95 bits per heavy atom. The number of aryl methyl sites for hydroxylation is 1. The van der Waals surface area contributed by atoms with E-state index in [1.165, 1.54) is 0 Å². The first-order valence-corrected chi connectivity index (χ1v) is 6.78. The molecule has 2 heterocycles. The Labute approximate surface area is 120 Å². The lowest BCUT2D eigenvalue weighted by atomic mass is 10.0. The summed E-state index contributed by atoms with van der Waals surface area (Å²) in [6, 6.07) is 13.2. The van der Waals surface area contributed by atoms with Crippen molar-refractivity contribution in [3.8, 4) is 17.1 Å². The molecule has 1 aromatic heterocycles. The highest BCUT2D eigenvalue weighted by Crippen LogP contribution is 2.33. The van der Waals surface area contributed by atoms with E-state index in [2.05, 4.69) is 14.7 Å². The van der Waals surface area contributed by atoms with Crippen LogP contribution in [0.25, 0.3) is 22.4 Å². The number of hydrogen-bond donors (Lipinski definition) is 2. The number of aromatic hydroxyl groups is 1. The molecule has 0 unspecified atom stereocenters. The minimum atomic E-state index is 0.129. The van der Waals surface area contributed by atoms with E-state index in [0.717, 1.165) is 22.5 Å². The molecular formula is C16H13N3O2. The van der Waals surface area contributed by atoms with Crippen LogP contribution in [0.5, 0.6) is 5.75 Å². The quantitative estimate of drug-likeness (QED) is 0.531. The molecule has 21 heavy (non-hydrogen) atoms. The lowest BCUT2D eigenvalue weighted by molar-refractivity contribution is 0.317. The van der Waals surface area contributed by atoms with Gasteiger partial charge in [0.2, 0.25) is 0 Å². The highest BCUT2D eigenvalue weighted by Gasteiger charge is 2.23. The summed E-state index contributed by atoms with van der Waals surface area (Å²) in [5.41, 5.74) is 3.98. The van der Waals surface area contributed by atoms with Gasteiger partial charge in [-0.15, -0.1) is 0 Å². The van der Waals surface area contributed by atoms with Crippen LogP contribution < -0.4 is 0 Å². The van der Waals surface area contributed by atoms with Crippen LogP contribution in [0.2, 0.25) is 0 Å². The zero-order valence-electron chi connectivity index (χ0n) is 11.2. The molecule has 0 saturated heterocycles. The third-order valence-corrected chi connectivity index (χ3v) is 3.86. The van der Waals surface area contributed by atoms with Crippen LogP contribution in [0.15, 0.2) is 47.6 Å². The van der Waals surface area contributed by atoms with Gasteiger partial charge in [-0.25, -0.2) is 4.98 Å². The van der Waals surface area contributed by atoms with E-state index >= 15 is 0 Å². The smallest absolute Gasteiger partial charge is 0.141 e. The molecule has 5 nitrogen and oxygen atoms in total. The molecule has 3 aromatic rings. The lowest BCUT2D eigenvalue weighted by Crippen LogP contribution is -2.15. The third-order valence-electron chi connectivity index (χ3n) is 3.86. The van der Waals surface area contributed by atoms with Crippen LogP contribution in [0.4, 0.5) is 0 Å². The summed E-state index contributed by atoms with van der Waals surface area (Å²) in [5, 5.41) is 22.4. The van der Waals surface area contributed by atoms with Crippen molar-refractivity contribution < 1.29 is 10.3 Å². The number of benzene rings is 2. The van der Waals surface area contributed by atoms with Crippen LogP contribution >= 0.6 is 0 Å². The molecule has 4 rings (SSSR count). The number of rotatable bonds is 1. The van der Waals surface area contributed by atoms with Gasteiger partial charge in [0.15, 0.2) is 0 Å². The minimum Gasteiger partial charge on any atom is -0.508 e. The summed E-state index contributed by atoms with van der Waals surface area (Å²) in [6.07, 6.45) is 0.609. The van der Waals surface area contributed by atoms with Crippen LogP contribution in [0, 0.1) is 0 Å². The maximum absolute atomic E-state index is 9.86. The fraction of sp³-hybridized carbons (Fsp3) is 0.125. The van der Waals surface area contributed by atoms with Gasteiger partial charge >= 0.3 is 0 Å². The van der Waals surface area contributed by atoms with Crippen molar-refractivity contribution >= 4 is 16.7 Å². The maximum Gasteiger partial charge on any atom is 0.141 e. The number of oxime groups is 1. The van der Waals surface area contributed by atoms with Crippen LogP contribution in [-0.4, -0.2) is 25.6 Å². The molecule has 104 valence electrons. The SMILES string of the molecule is ON=C1CCn2c(-c3ccccc3)nc3cc(O)cc1c32. The van der Waals surface area contributed by atoms with Gasteiger partial charge in [-0.3, -0.25) is 0 Å². The molecule has 0 amide bonds. The summed E-state index contributed by atoms with van der Waals surface area (Å²) in [4.78, 5) is 4.65. The molecule has 0 bridgehead atoms. The van der Waals surface area contributed by atoms with E-state index in [1.807, 2.05) is 30.3 Å². The Morgan fingerprint density at radius 1 is 1.14 bits per heavy atom. The highest BCUT2D eigenvalue weighted by molar-refractivity contribution is 6.11. The first-order valence-electron chi connectivity index (χ1n) is 6.78. The average Bonchev–Trinajstić information content (AvgIpc) is 2.88. The topological polar surface area (TPSA) is 70.6 Å². The van der Waals surface area contributed by atoms with Crippen LogP contribution in [0.3, 0.4) is 0 Å². The molecule has 5 heteroatoms. The van der Waals surface area contributed by atoms with Gasteiger partial charge in [-0.05, 0) is 6.07 Å². The largest absolute Gasteiger partial charge is 0.508 e. The lowest BCUT2D eigenvalue weighted by Gasteiger charge is -2.17. The first-order chi connectivity index (χ1) is 10.3. The van der Waals surface area contributed by atoms with E-state index in [1.54, 1.807) is 12.1 Å². The molecule has 0 saturated carbocycles. The van der Waals surface area contributed by atoms with Gasteiger partial charge in [0.1, 0.15) is 11.6 Å². The Balaban J connectivity index is 2.08. The van der Waals surface area contributed by atoms with Gasteiger partial charge in [0.25, 0.3) is 0 Å². The summed E-state index contributed by atoms with van der Waals surface area (Å²) in [6.45, 7) is 0.706. The number of aromatic nitrogens is 2. The predicted octanol–water partition coefficient (Wildman–Crippen LogP) is 2.99. The summed E-state index contributed by atoms with van der Waals surface area (Å²) >= 11 is 0. The van der Waals surface area contributed by atoms with Crippen LogP contribution in [-0.2, 0) is 6.54 Å². The van der Waals surface area contributed by atoms with E-state index in [9.17, 15) is 5.11 Å². The van der Waals surface area contributed by atoms with Crippen molar-refractivity contribution in [3.63, 3.8) is 0 Å². The maximum atomic E-state index is 9.86. The Morgan fingerprint density at radius 3 is 2.71 bits per heavy atom. The fourth-order valence-corrected chi connectivity index (χ4v) is 2.96. The summed E-state index contributed by atoms with van der Waals surface area (Å²) in [7, 11) is 0. The van der Waals surface area contributed by atoms with Crippen molar-refractivity contribution in [2.75, 3.05) is 0 Å². The van der Waals surface area contributed by atoms with E-state index < -0.39 is 0 Å². The highest BCUT2D eigenvalue weighted by atomic mass is 16.4. The number of imidazole rings is 1. The van der Waals surface area contributed by atoms with Crippen molar-refractivity contribution in [1.82, 2.24) is 9.55 Å². The summed E-state index contributed by atoms with van der Waals surface area (Å²) < 4.78 is 2.12. The fourth-order valence-electron chi connectivity index (χ4n) is 2.96. The minimum absolute atomic E-state index is 0.129. The second-order valence-electron chi connectivity index (χ2n) is 5.11. The van der Waals surface area contributed by atoms with E-state index in [0.29, 0.717) is 24.2 Å². The molecule has 1 aliphatic rings. The predicted molar refractivity (Wildman–Crippen MR) is 79.8 cm³/mol. The molecule has 0 atom stereocenters. The van der Waals surface area contributed by atoms with Crippen LogP contribution in [0.1, 0.15) is 12.0 Å². The first kappa shape index (κ1) is 12.0. The molecule has 2 N–H and O–H groups in total.